The topological polar surface area (TPSA) is 95.6 Å². The first-order chi connectivity index (χ1) is 15.8. The summed E-state index contributed by atoms with van der Waals surface area (Å²) in [4.78, 5) is 24.1. The SMILES string of the molecule is C=CC(=O)NC1CCCN(S(=O)(=O)c2ccc(C(=O)NCCc3ccc(Cl)cc3)cc2)CC1. The number of nitrogens with one attached hydrogen (secondary N) is 2. The maximum atomic E-state index is 13.1. The second kappa shape index (κ2) is 11.4. The molecule has 1 atom stereocenters. The molecular weight excluding hydrogens is 462 g/mol. The van der Waals surface area contributed by atoms with Crippen LogP contribution in [0.5, 0.6) is 0 Å². The highest BCUT2D eigenvalue weighted by Crippen LogP contribution is 2.21. The Morgan fingerprint density at radius 1 is 1.06 bits per heavy atom. The van der Waals surface area contributed by atoms with Crippen molar-refractivity contribution >= 4 is 33.4 Å². The summed E-state index contributed by atoms with van der Waals surface area (Å²) in [5.41, 5.74) is 1.46. The van der Waals surface area contributed by atoms with Gasteiger partial charge < -0.3 is 10.6 Å². The maximum absolute atomic E-state index is 13.1. The second-order valence-electron chi connectivity index (χ2n) is 7.90. The van der Waals surface area contributed by atoms with Gasteiger partial charge in [-0.15, -0.1) is 0 Å². The quantitative estimate of drug-likeness (QED) is 0.557. The Kier molecular flexibility index (Phi) is 8.66. The van der Waals surface area contributed by atoms with Crippen molar-refractivity contribution < 1.29 is 18.0 Å². The summed E-state index contributed by atoms with van der Waals surface area (Å²) in [6.07, 6.45) is 3.77. The number of hydrogen-bond acceptors (Lipinski definition) is 4. The normalized spacial score (nSPS) is 17.1. The predicted molar refractivity (Wildman–Crippen MR) is 129 cm³/mol. The molecule has 1 unspecified atom stereocenters. The number of benzene rings is 2. The van der Waals surface area contributed by atoms with Crippen LogP contribution in [0.2, 0.25) is 5.02 Å². The minimum absolute atomic E-state index is 0.0744. The zero-order valence-corrected chi connectivity index (χ0v) is 19.9. The van der Waals surface area contributed by atoms with E-state index in [1.54, 1.807) is 12.1 Å². The van der Waals surface area contributed by atoms with Crippen molar-refractivity contribution in [1.29, 1.82) is 0 Å². The summed E-state index contributed by atoms with van der Waals surface area (Å²) in [6.45, 7) is 4.60. The molecule has 33 heavy (non-hydrogen) atoms. The Hall–Kier alpha value is -2.68. The van der Waals surface area contributed by atoms with Gasteiger partial charge in [-0.3, -0.25) is 9.59 Å². The summed E-state index contributed by atoms with van der Waals surface area (Å²) in [5.74, 6) is -0.512. The lowest BCUT2D eigenvalue weighted by atomic mass is 10.1. The van der Waals surface area contributed by atoms with Crippen LogP contribution >= 0.6 is 11.6 Å². The highest BCUT2D eigenvalue weighted by Gasteiger charge is 2.28. The first kappa shape index (κ1) is 25.0. The van der Waals surface area contributed by atoms with Crippen molar-refractivity contribution in [2.45, 2.75) is 36.6 Å². The largest absolute Gasteiger partial charge is 0.352 e. The van der Waals surface area contributed by atoms with Crippen LogP contribution < -0.4 is 10.6 Å². The van der Waals surface area contributed by atoms with Gasteiger partial charge in [0.15, 0.2) is 0 Å². The third kappa shape index (κ3) is 6.90. The number of sulfonamides is 1. The van der Waals surface area contributed by atoms with Crippen LogP contribution in [0.25, 0.3) is 0 Å². The van der Waals surface area contributed by atoms with Gasteiger partial charge in [0.2, 0.25) is 15.9 Å². The number of hydrogen-bond donors (Lipinski definition) is 2. The van der Waals surface area contributed by atoms with Crippen LogP contribution in [-0.4, -0.2) is 50.2 Å². The van der Waals surface area contributed by atoms with E-state index in [9.17, 15) is 18.0 Å². The van der Waals surface area contributed by atoms with Crippen LogP contribution in [-0.2, 0) is 21.2 Å². The number of amides is 2. The average Bonchev–Trinajstić information content (AvgIpc) is 3.06. The lowest BCUT2D eigenvalue weighted by molar-refractivity contribution is -0.117. The van der Waals surface area contributed by atoms with E-state index in [-0.39, 0.29) is 22.8 Å². The van der Waals surface area contributed by atoms with Gasteiger partial charge in [0.25, 0.3) is 5.91 Å². The lowest BCUT2D eigenvalue weighted by Gasteiger charge is -2.20. The molecule has 2 amide bonds. The Morgan fingerprint density at radius 2 is 1.76 bits per heavy atom. The molecule has 0 spiro atoms. The summed E-state index contributed by atoms with van der Waals surface area (Å²) >= 11 is 5.87. The van der Waals surface area contributed by atoms with Crippen LogP contribution in [0.1, 0.15) is 35.2 Å². The molecule has 1 fully saturated rings. The van der Waals surface area contributed by atoms with E-state index in [4.69, 9.17) is 11.6 Å². The number of carbonyl (C=O) groups is 2. The van der Waals surface area contributed by atoms with E-state index < -0.39 is 10.0 Å². The molecule has 2 aromatic rings. The van der Waals surface area contributed by atoms with E-state index >= 15 is 0 Å². The molecule has 0 aliphatic carbocycles. The number of halogens is 1. The lowest BCUT2D eigenvalue weighted by Crippen LogP contribution is -2.36. The first-order valence-electron chi connectivity index (χ1n) is 10.9. The molecule has 0 saturated carbocycles. The van der Waals surface area contributed by atoms with Crippen LogP contribution in [0.4, 0.5) is 0 Å². The summed E-state index contributed by atoms with van der Waals surface area (Å²) < 4.78 is 27.6. The predicted octanol–water partition coefficient (Wildman–Crippen LogP) is 3.16. The van der Waals surface area contributed by atoms with Crippen molar-refractivity contribution in [3.63, 3.8) is 0 Å². The molecule has 1 saturated heterocycles. The Balaban J connectivity index is 1.56. The third-order valence-electron chi connectivity index (χ3n) is 5.59. The fraction of sp³-hybridized carbons (Fsp3) is 0.333. The van der Waals surface area contributed by atoms with Crippen LogP contribution in [0.3, 0.4) is 0 Å². The van der Waals surface area contributed by atoms with Crippen molar-refractivity contribution in [1.82, 2.24) is 14.9 Å². The fourth-order valence-electron chi connectivity index (χ4n) is 3.72. The molecule has 176 valence electrons. The maximum Gasteiger partial charge on any atom is 0.251 e. The van der Waals surface area contributed by atoms with Gasteiger partial charge in [0, 0.05) is 36.3 Å². The van der Waals surface area contributed by atoms with Crippen molar-refractivity contribution in [3.05, 3.63) is 77.3 Å². The van der Waals surface area contributed by atoms with E-state index in [0.717, 1.165) is 5.56 Å². The van der Waals surface area contributed by atoms with Gasteiger partial charge in [-0.2, -0.15) is 4.31 Å². The monoisotopic (exact) mass is 489 g/mol. The van der Waals surface area contributed by atoms with Gasteiger partial charge in [0.05, 0.1) is 4.90 Å². The van der Waals surface area contributed by atoms with E-state index in [2.05, 4.69) is 17.2 Å². The van der Waals surface area contributed by atoms with Crippen LogP contribution in [0, 0.1) is 0 Å². The van der Waals surface area contributed by atoms with Gasteiger partial charge in [-0.25, -0.2) is 8.42 Å². The Bertz CT molecular complexity index is 1090. The molecule has 0 radical (unpaired) electrons. The molecule has 1 heterocycles. The number of rotatable bonds is 8. The average molecular weight is 490 g/mol. The molecule has 0 aromatic heterocycles. The molecule has 1 aliphatic rings. The van der Waals surface area contributed by atoms with Crippen molar-refractivity contribution in [2.24, 2.45) is 0 Å². The van der Waals surface area contributed by atoms with E-state index in [1.165, 1.54) is 34.6 Å². The summed E-state index contributed by atoms with van der Waals surface area (Å²) in [6, 6.07) is 13.3. The van der Waals surface area contributed by atoms with Gasteiger partial charge in [-0.1, -0.05) is 30.3 Å². The highest BCUT2D eigenvalue weighted by molar-refractivity contribution is 7.89. The van der Waals surface area contributed by atoms with E-state index in [0.29, 0.717) is 55.9 Å². The van der Waals surface area contributed by atoms with Crippen molar-refractivity contribution in [3.8, 4) is 0 Å². The smallest absolute Gasteiger partial charge is 0.251 e. The minimum Gasteiger partial charge on any atom is -0.352 e. The molecule has 2 N–H and O–H groups in total. The number of nitrogens with zero attached hydrogens (tertiary/aromatic N) is 1. The molecular formula is C24H28ClN3O4S. The standard InChI is InChI=1S/C24H28ClN3O4S/c1-2-23(29)27-21-4-3-16-28(17-14-21)33(31,32)22-11-7-19(8-12-22)24(30)26-15-13-18-5-9-20(25)10-6-18/h2,5-12,21H,1,3-4,13-17H2,(H,26,30)(H,27,29). The Labute approximate surface area is 199 Å². The second-order valence-corrected chi connectivity index (χ2v) is 10.3. The van der Waals surface area contributed by atoms with Gasteiger partial charge >= 0.3 is 0 Å². The zero-order valence-electron chi connectivity index (χ0n) is 18.3. The minimum atomic E-state index is -3.68. The summed E-state index contributed by atoms with van der Waals surface area (Å²) in [7, 11) is -3.68. The summed E-state index contributed by atoms with van der Waals surface area (Å²) in [5, 5.41) is 6.35. The fourth-order valence-corrected chi connectivity index (χ4v) is 5.34. The van der Waals surface area contributed by atoms with Gasteiger partial charge in [0.1, 0.15) is 0 Å². The molecule has 1 aliphatic heterocycles. The molecule has 9 heteroatoms. The number of carbonyl (C=O) groups excluding carboxylic acids is 2. The van der Waals surface area contributed by atoms with Crippen molar-refractivity contribution in [2.75, 3.05) is 19.6 Å². The Morgan fingerprint density at radius 3 is 2.42 bits per heavy atom. The molecule has 0 bridgehead atoms. The van der Waals surface area contributed by atoms with E-state index in [1.807, 2.05) is 12.1 Å². The van der Waals surface area contributed by atoms with Gasteiger partial charge in [-0.05, 0) is 73.7 Å². The van der Waals surface area contributed by atoms with Crippen LogP contribution in [0.15, 0.2) is 66.1 Å². The third-order valence-corrected chi connectivity index (χ3v) is 7.75. The zero-order chi connectivity index (χ0) is 23.8. The molecule has 3 rings (SSSR count). The first-order valence-corrected chi connectivity index (χ1v) is 12.7. The molecule has 2 aromatic carbocycles. The molecule has 7 nitrogen and oxygen atoms in total. The highest BCUT2D eigenvalue weighted by atomic mass is 35.5.